The van der Waals surface area contributed by atoms with Gasteiger partial charge in [0.2, 0.25) is 0 Å². The summed E-state index contributed by atoms with van der Waals surface area (Å²) in [6.45, 7) is 4.05. The molecule has 0 fully saturated rings. The van der Waals surface area contributed by atoms with Crippen LogP contribution < -0.4 is 10.6 Å². The van der Waals surface area contributed by atoms with Gasteiger partial charge >= 0.3 is 0 Å². The molecule has 0 aromatic heterocycles. The molecule has 2 nitrogen and oxygen atoms in total. The van der Waals surface area contributed by atoms with Crippen LogP contribution in [0, 0.1) is 0 Å². The van der Waals surface area contributed by atoms with E-state index in [9.17, 15) is 0 Å². The van der Waals surface area contributed by atoms with Crippen molar-refractivity contribution in [1.82, 2.24) is 0 Å². The van der Waals surface area contributed by atoms with Crippen molar-refractivity contribution < 1.29 is 0 Å². The van der Waals surface area contributed by atoms with E-state index in [0.717, 1.165) is 25.3 Å². The highest BCUT2D eigenvalue weighted by Crippen LogP contribution is 2.21. The van der Waals surface area contributed by atoms with E-state index in [4.69, 9.17) is 5.73 Å². The largest absolute Gasteiger partial charge is 0.375 e. The summed E-state index contributed by atoms with van der Waals surface area (Å²) in [4.78, 5) is 3.64. The molecule has 0 spiro atoms. The molecule has 0 saturated heterocycles. The molecule has 3 heteroatoms. The molecule has 0 amide bonds. The van der Waals surface area contributed by atoms with Crippen molar-refractivity contribution >= 4 is 17.4 Å². The van der Waals surface area contributed by atoms with Gasteiger partial charge in [-0.3, -0.25) is 0 Å². The molecule has 0 radical (unpaired) electrons. The average Bonchev–Trinajstić information content (AvgIpc) is 2.30. The number of nitrogens with zero attached hydrogens (tertiary/aromatic N) is 1. The first-order valence-electron chi connectivity index (χ1n) is 5.92. The summed E-state index contributed by atoms with van der Waals surface area (Å²) in [7, 11) is 2.14. The molecule has 2 N–H and O–H groups in total. The van der Waals surface area contributed by atoms with E-state index in [1.807, 2.05) is 11.8 Å². The van der Waals surface area contributed by atoms with Gasteiger partial charge < -0.3 is 10.6 Å². The zero-order valence-electron chi connectivity index (χ0n) is 10.3. The molecule has 16 heavy (non-hydrogen) atoms. The van der Waals surface area contributed by atoms with E-state index in [0.29, 0.717) is 0 Å². The summed E-state index contributed by atoms with van der Waals surface area (Å²) in [5, 5.41) is 0. The van der Waals surface area contributed by atoms with E-state index in [2.05, 4.69) is 43.1 Å². The minimum Gasteiger partial charge on any atom is -0.375 e. The standard InChI is InChI=1S/C13H22N2S/c1-3-16-13-8-6-12(7-9-13)15(2)11-5-4-10-14/h6-9H,3-5,10-11,14H2,1-2H3. The zero-order chi connectivity index (χ0) is 11.8. The number of hydrogen-bond donors (Lipinski definition) is 1. The monoisotopic (exact) mass is 238 g/mol. The van der Waals surface area contributed by atoms with Gasteiger partial charge in [-0.25, -0.2) is 0 Å². The molecular formula is C13H22N2S. The fourth-order valence-corrected chi connectivity index (χ4v) is 2.25. The maximum Gasteiger partial charge on any atom is 0.0364 e. The lowest BCUT2D eigenvalue weighted by Crippen LogP contribution is -2.19. The van der Waals surface area contributed by atoms with Crippen LogP contribution in [-0.4, -0.2) is 25.9 Å². The number of thioether (sulfide) groups is 1. The fraction of sp³-hybridized carbons (Fsp3) is 0.538. The topological polar surface area (TPSA) is 29.3 Å². The predicted molar refractivity (Wildman–Crippen MR) is 74.4 cm³/mol. The minimum absolute atomic E-state index is 0.792. The van der Waals surface area contributed by atoms with Gasteiger partial charge in [0.1, 0.15) is 0 Å². The third kappa shape index (κ3) is 4.45. The number of hydrogen-bond acceptors (Lipinski definition) is 3. The van der Waals surface area contributed by atoms with Gasteiger partial charge in [0.05, 0.1) is 0 Å². The van der Waals surface area contributed by atoms with Crippen molar-refractivity contribution in [3.63, 3.8) is 0 Å². The van der Waals surface area contributed by atoms with E-state index in [1.54, 1.807) is 0 Å². The van der Waals surface area contributed by atoms with Crippen molar-refractivity contribution in [2.75, 3.05) is 30.8 Å². The second-order valence-corrected chi connectivity index (χ2v) is 5.18. The summed E-state index contributed by atoms with van der Waals surface area (Å²) < 4.78 is 0. The Labute approximate surface area is 103 Å². The first-order chi connectivity index (χ1) is 7.77. The molecule has 90 valence electrons. The van der Waals surface area contributed by atoms with Crippen LogP contribution in [0.25, 0.3) is 0 Å². The Balaban J connectivity index is 2.46. The first-order valence-corrected chi connectivity index (χ1v) is 6.90. The van der Waals surface area contributed by atoms with Gasteiger partial charge in [-0.1, -0.05) is 6.92 Å². The SMILES string of the molecule is CCSc1ccc(N(C)CCCCN)cc1. The Bertz CT molecular complexity index is 284. The van der Waals surface area contributed by atoms with Crippen LogP contribution in [0.15, 0.2) is 29.2 Å². The lowest BCUT2D eigenvalue weighted by molar-refractivity contribution is 0.728. The van der Waals surface area contributed by atoms with E-state index in [1.165, 1.54) is 17.0 Å². The molecule has 0 atom stereocenters. The van der Waals surface area contributed by atoms with Crippen LogP contribution >= 0.6 is 11.8 Å². The molecule has 0 unspecified atom stereocenters. The normalized spacial score (nSPS) is 10.4. The lowest BCUT2D eigenvalue weighted by Gasteiger charge is -2.19. The van der Waals surface area contributed by atoms with Crippen molar-refractivity contribution in [2.45, 2.75) is 24.7 Å². The number of anilines is 1. The Kier molecular flexibility index (Phi) is 6.34. The molecule has 0 aliphatic heterocycles. The number of unbranched alkanes of at least 4 members (excludes halogenated alkanes) is 1. The molecule has 1 aromatic carbocycles. The fourth-order valence-electron chi connectivity index (χ4n) is 1.59. The number of benzene rings is 1. The van der Waals surface area contributed by atoms with Gasteiger partial charge in [0.25, 0.3) is 0 Å². The average molecular weight is 238 g/mol. The molecule has 0 aliphatic rings. The van der Waals surface area contributed by atoms with Crippen LogP contribution in [0.2, 0.25) is 0 Å². The molecule has 0 bridgehead atoms. The van der Waals surface area contributed by atoms with Crippen molar-refractivity contribution in [2.24, 2.45) is 5.73 Å². The van der Waals surface area contributed by atoms with Crippen LogP contribution in [0.5, 0.6) is 0 Å². The predicted octanol–water partition coefficient (Wildman–Crippen LogP) is 2.97. The Morgan fingerprint density at radius 3 is 2.44 bits per heavy atom. The van der Waals surface area contributed by atoms with Crippen LogP contribution in [0.1, 0.15) is 19.8 Å². The van der Waals surface area contributed by atoms with E-state index in [-0.39, 0.29) is 0 Å². The van der Waals surface area contributed by atoms with Crippen LogP contribution in [-0.2, 0) is 0 Å². The van der Waals surface area contributed by atoms with Gasteiger partial charge in [-0.2, -0.15) is 0 Å². The second-order valence-electron chi connectivity index (χ2n) is 3.84. The maximum absolute atomic E-state index is 5.49. The minimum atomic E-state index is 0.792. The van der Waals surface area contributed by atoms with Crippen molar-refractivity contribution in [1.29, 1.82) is 0 Å². The third-order valence-electron chi connectivity index (χ3n) is 2.54. The molecule has 0 saturated carbocycles. The number of rotatable bonds is 7. The summed E-state index contributed by atoms with van der Waals surface area (Å²) in [5.41, 5.74) is 6.77. The summed E-state index contributed by atoms with van der Waals surface area (Å²) in [6, 6.07) is 8.78. The van der Waals surface area contributed by atoms with Gasteiger partial charge in [-0.15, -0.1) is 11.8 Å². The maximum atomic E-state index is 5.49. The van der Waals surface area contributed by atoms with Crippen molar-refractivity contribution in [3.05, 3.63) is 24.3 Å². The number of nitrogens with two attached hydrogens (primary N) is 1. The van der Waals surface area contributed by atoms with Gasteiger partial charge in [0.15, 0.2) is 0 Å². The molecular weight excluding hydrogens is 216 g/mol. The van der Waals surface area contributed by atoms with Crippen LogP contribution in [0.3, 0.4) is 0 Å². The van der Waals surface area contributed by atoms with Gasteiger partial charge in [0, 0.05) is 24.2 Å². The highest BCUT2D eigenvalue weighted by Gasteiger charge is 2.00. The third-order valence-corrected chi connectivity index (χ3v) is 3.43. The Hall–Kier alpha value is -0.670. The highest BCUT2D eigenvalue weighted by atomic mass is 32.2. The highest BCUT2D eigenvalue weighted by molar-refractivity contribution is 7.99. The molecule has 1 rings (SSSR count). The molecule has 0 heterocycles. The summed E-state index contributed by atoms with van der Waals surface area (Å²) in [5.74, 6) is 1.13. The van der Waals surface area contributed by atoms with Crippen LogP contribution in [0.4, 0.5) is 5.69 Å². The first kappa shape index (κ1) is 13.4. The zero-order valence-corrected chi connectivity index (χ0v) is 11.1. The smallest absolute Gasteiger partial charge is 0.0364 e. The van der Waals surface area contributed by atoms with E-state index >= 15 is 0 Å². The lowest BCUT2D eigenvalue weighted by atomic mass is 10.2. The quantitative estimate of drug-likeness (QED) is 0.585. The van der Waals surface area contributed by atoms with E-state index < -0.39 is 0 Å². The molecule has 1 aromatic rings. The Morgan fingerprint density at radius 2 is 1.88 bits per heavy atom. The molecule has 0 aliphatic carbocycles. The second kappa shape index (κ2) is 7.58. The Morgan fingerprint density at radius 1 is 1.19 bits per heavy atom. The van der Waals surface area contributed by atoms with Gasteiger partial charge in [-0.05, 0) is 49.4 Å². The van der Waals surface area contributed by atoms with Crippen molar-refractivity contribution in [3.8, 4) is 0 Å². The summed E-state index contributed by atoms with van der Waals surface area (Å²) >= 11 is 1.88. The summed E-state index contributed by atoms with van der Waals surface area (Å²) in [6.07, 6.45) is 2.27.